The highest BCUT2D eigenvalue weighted by Gasteiger charge is 2.31. The van der Waals surface area contributed by atoms with Gasteiger partial charge in [-0.1, -0.05) is 6.42 Å². The maximum Gasteiger partial charge on any atom is 0.0586 e. The molecule has 1 aliphatic carbocycles. The quantitative estimate of drug-likeness (QED) is 0.709. The molecule has 3 unspecified atom stereocenters. The van der Waals surface area contributed by atoms with E-state index >= 15 is 0 Å². The van der Waals surface area contributed by atoms with Crippen molar-refractivity contribution in [3.63, 3.8) is 0 Å². The van der Waals surface area contributed by atoms with Crippen molar-refractivity contribution in [1.82, 2.24) is 4.90 Å². The summed E-state index contributed by atoms with van der Waals surface area (Å²) in [5, 5.41) is 0. The van der Waals surface area contributed by atoms with Crippen LogP contribution in [-0.2, 0) is 4.74 Å². The molecule has 3 heteroatoms. The molecule has 3 atom stereocenters. The molecule has 94 valence electrons. The van der Waals surface area contributed by atoms with E-state index in [0.717, 1.165) is 11.9 Å². The lowest BCUT2D eigenvalue weighted by atomic mass is 9.89. The molecule has 2 aliphatic rings. The number of hydrogen-bond acceptors (Lipinski definition) is 2. The predicted octanol–water partition coefficient (Wildman–Crippen LogP) is 3.04. The number of halogens is 1. The summed E-state index contributed by atoms with van der Waals surface area (Å²) < 4.78 is 5.52. The van der Waals surface area contributed by atoms with Crippen LogP contribution in [0.5, 0.6) is 0 Å². The summed E-state index contributed by atoms with van der Waals surface area (Å²) in [5.74, 6) is 0.800. The Morgan fingerprint density at radius 3 is 2.81 bits per heavy atom. The number of rotatable bonds is 3. The van der Waals surface area contributed by atoms with Gasteiger partial charge in [-0.05, 0) is 45.1 Å². The second-order valence-electron chi connectivity index (χ2n) is 5.22. The van der Waals surface area contributed by atoms with Crippen molar-refractivity contribution in [3.8, 4) is 0 Å². The molecule has 0 aromatic heterocycles. The van der Waals surface area contributed by atoms with Crippen LogP contribution in [0.4, 0.5) is 0 Å². The molecule has 0 aromatic rings. The third-order valence-corrected chi connectivity index (χ3v) is 4.61. The first-order valence-electron chi connectivity index (χ1n) is 6.69. The molecule has 0 bridgehead atoms. The minimum Gasteiger partial charge on any atom is -0.381 e. The normalized spacial score (nSPS) is 37.5. The van der Waals surface area contributed by atoms with E-state index < -0.39 is 0 Å². The van der Waals surface area contributed by atoms with Gasteiger partial charge < -0.3 is 4.74 Å². The van der Waals surface area contributed by atoms with Gasteiger partial charge in [-0.3, -0.25) is 4.90 Å². The van der Waals surface area contributed by atoms with Gasteiger partial charge in [-0.25, -0.2) is 0 Å². The van der Waals surface area contributed by atoms with Crippen molar-refractivity contribution in [1.29, 1.82) is 0 Å². The van der Waals surface area contributed by atoms with Crippen LogP contribution in [0.2, 0.25) is 0 Å². The van der Waals surface area contributed by atoms with E-state index in [2.05, 4.69) is 4.90 Å². The predicted molar refractivity (Wildman–Crippen MR) is 68.1 cm³/mol. The first-order chi connectivity index (χ1) is 7.85. The van der Waals surface area contributed by atoms with E-state index in [9.17, 15) is 0 Å². The summed E-state index contributed by atoms with van der Waals surface area (Å²) in [6.45, 7) is 1.25. The maximum atomic E-state index is 6.09. The molecule has 0 amide bonds. The lowest BCUT2D eigenvalue weighted by molar-refractivity contribution is 0.00801. The van der Waals surface area contributed by atoms with Crippen molar-refractivity contribution in [2.45, 2.75) is 63.1 Å². The molecule has 1 aliphatic heterocycles. The van der Waals surface area contributed by atoms with Crippen molar-refractivity contribution in [2.24, 2.45) is 0 Å². The fraction of sp³-hybridized carbons (Fsp3) is 1.00. The number of hydrogen-bond donors (Lipinski definition) is 0. The summed E-state index contributed by atoms with van der Waals surface area (Å²) in [6.07, 6.45) is 9.59. The molecule has 1 saturated carbocycles. The highest BCUT2D eigenvalue weighted by atomic mass is 35.5. The molecule has 2 fully saturated rings. The van der Waals surface area contributed by atoms with E-state index in [-0.39, 0.29) is 0 Å². The van der Waals surface area contributed by atoms with Crippen LogP contribution in [0.25, 0.3) is 0 Å². The SMILES string of the molecule is COC1CCCC(N2CCCCC2CCl)C1. The Hall–Kier alpha value is 0.210. The topological polar surface area (TPSA) is 12.5 Å². The molecule has 2 rings (SSSR count). The second-order valence-corrected chi connectivity index (χ2v) is 5.53. The van der Waals surface area contributed by atoms with Crippen molar-refractivity contribution in [3.05, 3.63) is 0 Å². The standard InChI is InChI=1S/C13H24ClNO/c1-16-13-7-4-6-11(9-13)15-8-3-2-5-12(15)10-14/h11-13H,2-10H2,1H3. The first-order valence-corrected chi connectivity index (χ1v) is 7.23. The van der Waals surface area contributed by atoms with E-state index in [4.69, 9.17) is 16.3 Å². The lowest BCUT2D eigenvalue weighted by Crippen LogP contribution is -2.49. The Morgan fingerprint density at radius 2 is 2.06 bits per heavy atom. The highest BCUT2D eigenvalue weighted by Crippen LogP contribution is 2.30. The zero-order valence-electron chi connectivity index (χ0n) is 10.3. The Labute approximate surface area is 104 Å². The third kappa shape index (κ3) is 2.91. The van der Waals surface area contributed by atoms with Crippen LogP contribution in [0, 0.1) is 0 Å². The van der Waals surface area contributed by atoms with Crippen molar-refractivity contribution in [2.75, 3.05) is 19.5 Å². The maximum absolute atomic E-state index is 6.09. The van der Waals surface area contributed by atoms with E-state index in [1.807, 2.05) is 7.11 Å². The van der Waals surface area contributed by atoms with Gasteiger partial charge in [-0.15, -0.1) is 11.6 Å². The zero-order chi connectivity index (χ0) is 11.4. The Balaban J connectivity index is 1.93. The van der Waals surface area contributed by atoms with Gasteiger partial charge in [0.1, 0.15) is 0 Å². The fourth-order valence-corrected chi connectivity index (χ4v) is 3.64. The Morgan fingerprint density at radius 1 is 1.19 bits per heavy atom. The van der Waals surface area contributed by atoms with Gasteiger partial charge in [0.15, 0.2) is 0 Å². The number of ether oxygens (including phenoxy) is 1. The minimum absolute atomic E-state index is 0.483. The minimum atomic E-state index is 0.483. The van der Waals surface area contributed by atoms with Crippen LogP contribution in [0.3, 0.4) is 0 Å². The van der Waals surface area contributed by atoms with Gasteiger partial charge in [0.25, 0.3) is 0 Å². The summed E-state index contributed by atoms with van der Waals surface area (Å²) >= 11 is 6.09. The van der Waals surface area contributed by atoms with E-state index in [1.54, 1.807) is 0 Å². The molecule has 1 saturated heterocycles. The molecular weight excluding hydrogens is 222 g/mol. The molecule has 2 nitrogen and oxygen atoms in total. The number of piperidine rings is 1. The largest absolute Gasteiger partial charge is 0.381 e. The van der Waals surface area contributed by atoms with Crippen LogP contribution in [-0.4, -0.2) is 42.6 Å². The van der Waals surface area contributed by atoms with Gasteiger partial charge in [-0.2, -0.15) is 0 Å². The summed E-state index contributed by atoms with van der Waals surface area (Å²) in [6, 6.07) is 1.35. The smallest absolute Gasteiger partial charge is 0.0586 e. The van der Waals surface area contributed by atoms with Gasteiger partial charge >= 0.3 is 0 Å². The zero-order valence-corrected chi connectivity index (χ0v) is 11.1. The molecule has 16 heavy (non-hydrogen) atoms. The average molecular weight is 246 g/mol. The second kappa shape index (κ2) is 6.23. The molecular formula is C13H24ClNO. The number of methoxy groups -OCH3 is 1. The Bertz CT molecular complexity index is 212. The molecule has 1 heterocycles. The Kier molecular flexibility index (Phi) is 4.93. The molecule has 0 aromatic carbocycles. The number of likely N-dealkylation sites (tertiary alicyclic amines) is 1. The molecule has 0 radical (unpaired) electrons. The van der Waals surface area contributed by atoms with Gasteiger partial charge in [0.2, 0.25) is 0 Å². The molecule has 0 N–H and O–H groups in total. The number of nitrogens with zero attached hydrogens (tertiary/aromatic N) is 1. The monoisotopic (exact) mass is 245 g/mol. The number of alkyl halides is 1. The van der Waals surface area contributed by atoms with Crippen LogP contribution >= 0.6 is 11.6 Å². The summed E-state index contributed by atoms with van der Waals surface area (Å²) in [5.41, 5.74) is 0. The van der Waals surface area contributed by atoms with Crippen LogP contribution in [0.1, 0.15) is 44.9 Å². The highest BCUT2D eigenvalue weighted by molar-refractivity contribution is 6.18. The summed E-state index contributed by atoms with van der Waals surface area (Å²) in [4.78, 5) is 2.67. The van der Waals surface area contributed by atoms with Crippen LogP contribution in [0.15, 0.2) is 0 Å². The molecule has 0 spiro atoms. The van der Waals surface area contributed by atoms with Crippen molar-refractivity contribution < 1.29 is 4.74 Å². The fourth-order valence-electron chi connectivity index (χ4n) is 3.30. The first kappa shape index (κ1) is 12.7. The van der Waals surface area contributed by atoms with E-state index in [1.165, 1.54) is 51.5 Å². The summed E-state index contributed by atoms with van der Waals surface area (Å²) in [7, 11) is 1.85. The van der Waals surface area contributed by atoms with Gasteiger partial charge in [0, 0.05) is 25.1 Å². The average Bonchev–Trinajstić information content (AvgIpc) is 2.38. The lowest BCUT2D eigenvalue weighted by Gasteiger charge is -2.43. The van der Waals surface area contributed by atoms with Crippen molar-refractivity contribution >= 4 is 11.6 Å². The van der Waals surface area contributed by atoms with Gasteiger partial charge in [0.05, 0.1) is 6.10 Å². The third-order valence-electron chi connectivity index (χ3n) is 4.25. The van der Waals surface area contributed by atoms with Crippen LogP contribution < -0.4 is 0 Å². The van der Waals surface area contributed by atoms with E-state index in [0.29, 0.717) is 12.1 Å².